The molecule has 0 saturated carbocycles. The molecule has 0 atom stereocenters. The van der Waals surface area contributed by atoms with Crippen molar-refractivity contribution in [3.63, 3.8) is 0 Å². The van der Waals surface area contributed by atoms with Crippen molar-refractivity contribution in [2.24, 2.45) is 0 Å². The van der Waals surface area contributed by atoms with Crippen LogP contribution in [0.3, 0.4) is 0 Å². The van der Waals surface area contributed by atoms with Gasteiger partial charge in [-0.2, -0.15) is 8.78 Å². The van der Waals surface area contributed by atoms with Crippen molar-refractivity contribution >= 4 is 40.1 Å². The average molecular weight is 396 g/mol. The first-order valence-electron chi connectivity index (χ1n) is 7.61. The predicted octanol–water partition coefficient (Wildman–Crippen LogP) is 4.48. The molecule has 0 aliphatic heterocycles. The number of carbonyl (C=O) groups excluding carboxylic acids is 2. The Kier molecular flexibility index (Phi) is 5.56. The first kappa shape index (κ1) is 18.7. The summed E-state index contributed by atoms with van der Waals surface area (Å²) < 4.78 is 38.6. The number of furan rings is 1. The van der Waals surface area contributed by atoms with E-state index in [-0.39, 0.29) is 11.5 Å². The lowest BCUT2D eigenvalue weighted by Crippen LogP contribution is -2.20. The lowest BCUT2D eigenvalue weighted by Gasteiger charge is -2.07. The Bertz CT molecular complexity index is 972. The van der Waals surface area contributed by atoms with Crippen LogP contribution in [-0.4, -0.2) is 25.1 Å². The second-order valence-corrected chi connectivity index (χ2v) is 5.76. The van der Waals surface area contributed by atoms with Crippen LogP contribution in [0.4, 0.5) is 14.5 Å². The van der Waals surface area contributed by atoms with Crippen LogP contribution < -0.4 is 10.1 Å². The maximum atomic E-state index is 12.1. The van der Waals surface area contributed by atoms with Gasteiger partial charge in [0.2, 0.25) is 5.76 Å². The number of benzene rings is 2. The SMILES string of the molecule is O=C(COC(=O)c1cc2cc(Cl)ccc2o1)Nc1ccc(OC(F)F)cc1. The summed E-state index contributed by atoms with van der Waals surface area (Å²) in [6.07, 6.45) is 0. The molecule has 0 fully saturated rings. The van der Waals surface area contributed by atoms with Crippen LogP contribution in [-0.2, 0) is 9.53 Å². The molecule has 3 aromatic rings. The minimum Gasteiger partial charge on any atom is -0.450 e. The number of hydrogen-bond donors (Lipinski definition) is 1. The number of halogens is 3. The van der Waals surface area contributed by atoms with E-state index in [1.165, 1.54) is 30.3 Å². The highest BCUT2D eigenvalue weighted by atomic mass is 35.5. The molecule has 6 nitrogen and oxygen atoms in total. The summed E-state index contributed by atoms with van der Waals surface area (Å²) >= 11 is 5.87. The van der Waals surface area contributed by atoms with Gasteiger partial charge in [0.25, 0.3) is 5.91 Å². The fourth-order valence-corrected chi connectivity index (χ4v) is 2.41. The minimum absolute atomic E-state index is 0.0422. The zero-order valence-corrected chi connectivity index (χ0v) is 14.3. The Morgan fingerprint density at radius 3 is 2.56 bits per heavy atom. The summed E-state index contributed by atoms with van der Waals surface area (Å²) in [6, 6.07) is 11.6. The standard InChI is InChI=1S/C18H12ClF2NO5/c19-11-1-6-14-10(7-11)8-15(27-14)17(24)25-9-16(23)22-12-2-4-13(5-3-12)26-18(20)21/h1-8,18H,9H2,(H,22,23). The van der Waals surface area contributed by atoms with E-state index in [0.29, 0.717) is 21.7 Å². The van der Waals surface area contributed by atoms with Crippen LogP contribution in [0.1, 0.15) is 10.6 Å². The fraction of sp³-hybridized carbons (Fsp3) is 0.111. The topological polar surface area (TPSA) is 77.8 Å². The molecular formula is C18H12ClF2NO5. The van der Waals surface area contributed by atoms with E-state index < -0.39 is 25.1 Å². The quantitative estimate of drug-likeness (QED) is 0.622. The van der Waals surface area contributed by atoms with Crippen LogP contribution in [0.25, 0.3) is 11.0 Å². The first-order valence-corrected chi connectivity index (χ1v) is 7.99. The normalized spacial score (nSPS) is 10.8. The second kappa shape index (κ2) is 8.05. The lowest BCUT2D eigenvalue weighted by molar-refractivity contribution is -0.119. The van der Waals surface area contributed by atoms with Crippen molar-refractivity contribution < 1.29 is 32.3 Å². The lowest BCUT2D eigenvalue weighted by atomic mass is 10.2. The largest absolute Gasteiger partial charge is 0.450 e. The highest BCUT2D eigenvalue weighted by Crippen LogP contribution is 2.23. The molecule has 1 amide bonds. The van der Waals surface area contributed by atoms with Gasteiger partial charge in [0.05, 0.1) is 0 Å². The maximum Gasteiger partial charge on any atom is 0.387 e. The number of amides is 1. The Hall–Kier alpha value is -3.13. The van der Waals surface area contributed by atoms with Gasteiger partial charge in [-0.1, -0.05) is 11.6 Å². The molecule has 9 heteroatoms. The number of fused-ring (bicyclic) bond motifs is 1. The van der Waals surface area contributed by atoms with E-state index in [1.54, 1.807) is 18.2 Å². The van der Waals surface area contributed by atoms with Gasteiger partial charge >= 0.3 is 12.6 Å². The molecule has 0 spiro atoms. The molecule has 1 aromatic heterocycles. The highest BCUT2D eigenvalue weighted by Gasteiger charge is 2.16. The van der Waals surface area contributed by atoms with Gasteiger partial charge in [-0.25, -0.2) is 4.79 Å². The first-order chi connectivity index (χ1) is 12.9. The number of ether oxygens (including phenoxy) is 2. The second-order valence-electron chi connectivity index (χ2n) is 5.32. The molecule has 0 saturated heterocycles. The Morgan fingerprint density at radius 1 is 1.11 bits per heavy atom. The van der Waals surface area contributed by atoms with Crippen molar-refractivity contribution in [2.45, 2.75) is 6.61 Å². The van der Waals surface area contributed by atoms with Crippen molar-refractivity contribution in [3.05, 3.63) is 59.3 Å². The number of hydrogen-bond acceptors (Lipinski definition) is 5. The zero-order valence-electron chi connectivity index (χ0n) is 13.6. The van der Waals surface area contributed by atoms with Crippen molar-refractivity contribution in [3.8, 4) is 5.75 Å². The van der Waals surface area contributed by atoms with Gasteiger partial charge in [-0.3, -0.25) is 4.79 Å². The van der Waals surface area contributed by atoms with Crippen molar-refractivity contribution in [1.29, 1.82) is 0 Å². The fourth-order valence-electron chi connectivity index (χ4n) is 2.23. The maximum absolute atomic E-state index is 12.1. The van der Waals surface area contributed by atoms with Crippen LogP contribution in [0.5, 0.6) is 5.75 Å². The van der Waals surface area contributed by atoms with Gasteiger partial charge < -0.3 is 19.2 Å². The molecule has 0 aliphatic carbocycles. The van der Waals surface area contributed by atoms with Gasteiger partial charge in [0.15, 0.2) is 6.61 Å². The summed E-state index contributed by atoms with van der Waals surface area (Å²) in [7, 11) is 0. The van der Waals surface area contributed by atoms with Gasteiger partial charge in [-0.05, 0) is 48.5 Å². The van der Waals surface area contributed by atoms with Gasteiger partial charge in [0.1, 0.15) is 11.3 Å². The van der Waals surface area contributed by atoms with E-state index in [0.717, 1.165) is 0 Å². The summed E-state index contributed by atoms with van der Waals surface area (Å²) in [5.41, 5.74) is 0.790. The summed E-state index contributed by atoms with van der Waals surface area (Å²) in [4.78, 5) is 23.8. The summed E-state index contributed by atoms with van der Waals surface area (Å²) in [5, 5.41) is 3.58. The van der Waals surface area contributed by atoms with E-state index in [4.69, 9.17) is 20.8 Å². The molecule has 0 unspecified atom stereocenters. The molecule has 1 N–H and O–H groups in total. The van der Waals surface area contributed by atoms with Gasteiger partial charge in [0, 0.05) is 16.1 Å². The van der Waals surface area contributed by atoms with Crippen molar-refractivity contribution in [2.75, 3.05) is 11.9 Å². The van der Waals surface area contributed by atoms with E-state index >= 15 is 0 Å². The molecule has 0 aliphatic rings. The van der Waals surface area contributed by atoms with E-state index in [2.05, 4.69) is 10.1 Å². The third-order valence-electron chi connectivity index (χ3n) is 3.38. The monoisotopic (exact) mass is 395 g/mol. The number of nitrogens with one attached hydrogen (secondary N) is 1. The molecular weight excluding hydrogens is 384 g/mol. The molecule has 3 rings (SSSR count). The number of carbonyl (C=O) groups is 2. The summed E-state index contributed by atoms with van der Waals surface area (Å²) in [5.74, 6) is -1.52. The Morgan fingerprint density at radius 2 is 1.85 bits per heavy atom. The van der Waals surface area contributed by atoms with Crippen LogP contribution in [0, 0.1) is 0 Å². The molecule has 2 aromatic carbocycles. The van der Waals surface area contributed by atoms with Crippen LogP contribution >= 0.6 is 11.6 Å². The number of alkyl halides is 2. The molecule has 0 radical (unpaired) electrons. The molecule has 1 heterocycles. The molecule has 0 bridgehead atoms. The third-order valence-corrected chi connectivity index (χ3v) is 3.61. The Balaban J connectivity index is 1.54. The van der Waals surface area contributed by atoms with Crippen LogP contribution in [0.2, 0.25) is 5.02 Å². The van der Waals surface area contributed by atoms with E-state index in [9.17, 15) is 18.4 Å². The summed E-state index contributed by atoms with van der Waals surface area (Å²) in [6.45, 7) is -3.48. The third kappa shape index (κ3) is 4.95. The highest BCUT2D eigenvalue weighted by molar-refractivity contribution is 6.31. The number of anilines is 1. The van der Waals surface area contributed by atoms with Crippen LogP contribution in [0.15, 0.2) is 52.9 Å². The number of esters is 1. The van der Waals surface area contributed by atoms with Crippen molar-refractivity contribution in [1.82, 2.24) is 0 Å². The zero-order chi connectivity index (χ0) is 19.4. The van der Waals surface area contributed by atoms with Gasteiger partial charge in [-0.15, -0.1) is 0 Å². The smallest absolute Gasteiger partial charge is 0.387 e. The average Bonchev–Trinajstić information content (AvgIpc) is 3.04. The minimum atomic E-state index is -2.93. The molecule has 140 valence electrons. The van der Waals surface area contributed by atoms with E-state index in [1.807, 2.05) is 0 Å². The molecule has 27 heavy (non-hydrogen) atoms. The number of rotatable bonds is 6. The Labute approximate surface area is 156 Å². The predicted molar refractivity (Wildman–Crippen MR) is 93.2 cm³/mol.